The fourth-order valence-corrected chi connectivity index (χ4v) is 4.12. The van der Waals surface area contributed by atoms with Crippen LogP contribution in [0.15, 0.2) is 85.2 Å². The number of benzene rings is 3. The van der Waals surface area contributed by atoms with Gasteiger partial charge in [0.25, 0.3) is 5.91 Å². The first-order valence-corrected chi connectivity index (χ1v) is 12.2. The Morgan fingerprint density at radius 3 is 2.68 bits per heavy atom. The SMILES string of the molecule is CN(C)C/C=C/C(=O)N1CCOc2c1ccc1ncnc(Nc3ccc(OCc4ccccc4)cc3)c21. The van der Waals surface area contributed by atoms with Gasteiger partial charge >= 0.3 is 0 Å². The Labute approximate surface area is 216 Å². The van der Waals surface area contributed by atoms with Crippen molar-refractivity contribution in [3.63, 3.8) is 0 Å². The third-order valence-corrected chi connectivity index (χ3v) is 5.95. The molecule has 1 aromatic heterocycles. The predicted octanol–water partition coefficient (Wildman–Crippen LogP) is 4.80. The standard InChI is InChI=1S/C29H29N5O3/c1-33(2)16-6-9-26(35)34-17-18-36-28-25(34)15-14-24-27(28)29(31-20-30-24)32-22-10-12-23(13-11-22)37-19-21-7-4-3-5-8-21/h3-15,20H,16-19H2,1-2H3,(H,30,31,32)/b9-6+. The summed E-state index contributed by atoms with van der Waals surface area (Å²) in [5.41, 5.74) is 3.40. The monoisotopic (exact) mass is 495 g/mol. The molecular weight excluding hydrogens is 466 g/mol. The summed E-state index contributed by atoms with van der Waals surface area (Å²) in [5, 5.41) is 4.11. The van der Waals surface area contributed by atoms with E-state index in [2.05, 4.69) is 15.3 Å². The van der Waals surface area contributed by atoms with Crippen molar-refractivity contribution in [2.45, 2.75) is 6.61 Å². The molecule has 8 nitrogen and oxygen atoms in total. The molecule has 0 fully saturated rings. The molecule has 0 spiro atoms. The molecule has 0 aliphatic carbocycles. The van der Waals surface area contributed by atoms with Gasteiger partial charge in [-0.05, 0) is 56.1 Å². The topological polar surface area (TPSA) is 79.8 Å². The molecule has 0 unspecified atom stereocenters. The molecule has 0 atom stereocenters. The molecule has 0 saturated heterocycles. The maximum absolute atomic E-state index is 12.9. The number of likely N-dealkylation sites (N-methyl/N-ethyl adjacent to an activating group) is 1. The molecule has 1 aliphatic rings. The number of fused-ring (bicyclic) bond motifs is 3. The van der Waals surface area contributed by atoms with E-state index >= 15 is 0 Å². The van der Waals surface area contributed by atoms with Gasteiger partial charge in [-0.3, -0.25) is 4.79 Å². The fraction of sp³-hybridized carbons (Fsp3) is 0.207. The number of aromatic nitrogens is 2. The summed E-state index contributed by atoms with van der Waals surface area (Å²) in [5.74, 6) is 1.91. The van der Waals surface area contributed by atoms with E-state index in [4.69, 9.17) is 9.47 Å². The number of hydrogen-bond donors (Lipinski definition) is 1. The Hall–Kier alpha value is -4.43. The molecule has 3 aromatic carbocycles. The second-order valence-electron chi connectivity index (χ2n) is 8.96. The number of rotatable bonds is 8. The van der Waals surface area contributed by atoms with Crippen LogP contribution in [0.5, 0.6) is 11.5 Å². The highest BCUT2D eigenvalue weighted by molar-refractivity contribution is 6.07. The number of ether oxygens (including phenoxy) is 2. The van der Waals surface area contributed by atoms with Gasteiger partial charge in [-0.2, -0.15) is 0 Å². The first-order chi connectivity index (χ1) is 18.1. The average Bonchev–Trinajstić information content (AvgIpc) is 2.92. The van der Waals surface area contributed by atoms with Crippen LogP contribution < -0.4 is 19.7 Å². The lowest BCUT2D eigenvalue weighted by molar-refractivity contribution is -0.114. The minimum absolute atomic E-state index is 0.0804. The van der Waals surface area contributed by atoms with E-state index in [9.17, 15) is 4.79 Å². The second kappa shape index (κ2) is 11.1. The van der Waals surface area contributed by atoms with Crippen molar-refractivity contribution in [1.29, 1.82) is 0 Å². The van der Waals surface area contributed by atoms with Crippen LogP contribution in [0.3, 0.4) is 0 Å². The van der Waals surface area contributed by atoms with E-state index < -0.39 is 0 Å². The van der Waals surface area contributed by atoms with E-state index in [1.165, 1.54) is 6.33 Å². The number of amides is 1. The van der Waals surface area contributed by atoms with Crippen LogP contribution in [-0.2, 0) is 11.4 Å². The Balaban J connectivity index is 1.37. The summed E-state index contributed by atoms with van der Waals surface area (Å²) < 4.78 is 12.0. The second-order valence-corrected chi connectivity index (χ2v) is 8.96. The Morgan fingerprint density at radius 1 is 1.08 bits per heavy atom. The zero-order valence-electron chi connectivity index (χ0n) is 20.9. The highest BCUT2D eigenvalue weighted by Crippen LogP contribution is 2.41. The summed E-state index contributed by atoms with van der Waals surface area (Å²) in [6.45, 7) is 2.07. The number of carbonyl (C=O) groups excluding carboxylic acids is 1. The molecule has 2 heterocycles. The van der Waals surface area contributed by atoms with Crippen molar-refractivity contribution < 1.29 is 14.3 Å². The summed E-state index contributed by atoms with van der Waals surface area (Å²) in [6.07, 6.45) is 4.99. The first-order valence-electron chi connectivity index (χ1n) is 12.2. The molecule has 4 aromatic rings. The fourth-order valence-electron chi connectivity index (χ4n) is 4.12. The largest absolute Gasteiger partial charge is 0.489 e. The van der Waals surface area contributed by atoms with Crippen molar-refractivity contribution in [3.05, 3.63) is 90.8 Å². The molecule has 188 valence electrons. The summed E-state index contributed by atoms with van der Waals surface area (Å²) in [6, 6.07) is 21.5. The molecule has 1 aliphatic heterocycles. The van der Waals surface area contributed by atoms with Crippen molar-refractivity contribution in [1.82, 2.24) is 14.9 Å². The summed E-state index contributed by atoms with van der Waals surface area (Å²) >= 11 is 0. The Morgan fingerprint density at radius 2 is 1.89 bits per heavy atom. The van der Waals surface area contributed by atoms with Gasteiger partial charge in [0.05, 0.1) is 23.1 Å². The number of nitrogens with zero attached hydrogens (tertiary/aromatic N) is 4. The van der Waals surface area contributed by atoms with Gasteiger partial charge in [-0.1, -0.05) is 36.4 Å². The zero-order chi connectivity index (χ0) is 25.6. The zero-order valence-corrected chi connectivity index (χ0v) is 20.9. The van der Waals surface area contributed by atoms with Gasteiger partial charge in [0.1, 0.15) is 31.1 Å². The van der Waals surface area contributed by atoms with Crippen molar-refractivity contribution in [3.8, 4) is 11.5 Å². The lowest BCUT2D eigenvalue weighted by atomic mass is 10.1. The van der Waals surface area contributed by atoms with E-state index in [1.807, 2.05) is 91.8 Å². The Kier molecular flexibility index (Phi) is 7.28. The molecule has 5 rings (SSSR count). The van der Waals surface area contributed by atoms with Crippen LogP contribution >= 0.6 is 0 Å². The van der Waals surface area contributed by atoms with Gasteiger partial charge < -0.3 is 24.6 Å². The number of nitrogens with one attached hydrogen (secondary N) is 1. The molecule has 0 radical (unpaired) electrons. The molecule has 37 heavy (non-hydrogen) atoms. The smallest absolute Gasteiger partial charge is 0.250 e. The third-order valence-electron chi connectivity index (χ3n) is 5.95. The quantitative estimate of drug-likeness (QED) is 0.352. The molecular formula is C29H29N5O3. The van der Waals surface area contributed by atoms with Crippen LogP contribution in [0.25, 0.3) is 10.9 Å². The van der Waals surface area contributed by atoms with Crippen LogP contribution in [0.4, 0.5) is 17.2 Å². The van der Waals surface area contributed by atoms with Crippen molar-refractivity contribution in [2.24, 2.45) is 0 Å². The van der Waals surface area contributed by atoms with Gasteiger partial charge in [0.2, 0.25) is 0 Å². The molecule has 0 saturated carbocycles. The van der Waals surface area contributed by atoms with Gasteiger partial charge in [-0.25, -0.2) is 9.97 Å². The number of anilines is 3. The highest BCUT2D eigenvalue weighted by atomic mass is 16.5. The number of carbonyl (C=O) groups is 1. The van der Waals surface area contributed by atoms with E-state index in [-0.39, 0.29) is 5.91 Å². The highest BCUT2D eigenvalue weighted by Gasteiger charge is 2.26. The molecule has 0 bridgehead atoms. The molecule has 1 amide bonds. The minimum Gasteiger partial charge on any atom is -0.489 e. The van der Waals surface area contributed by atoms with Crippen LogP contribution in [0.2, 0.25) is 0 Å². The van der Waals surface area contributed by atoms with Gasteiger partial charge in [0.15, 0.2) is 5.75 Å². The normalized spacial score (nSPS) is 13.0. The average molecular weight is 496 g/mol. The van der Waals surface area contributed by atoms with Crippen LogP contribution in [0, 0.1) is 0 Å². The van der Waals surface area contributed by atoms with Crippen LogP contribution in [0.1, 0.15) is 5.56 Å². The third kappa shape index (κ3) is 5.70. The maximum atomic E-state index is 12.9. The van der Waals surface area contributed by atoms with Gasteiger partial charge in [0, 0.05) is 18.3 Å². The van der Waals surface area contributed by atoms with E-state index in [0.717, 1.165) is 27.9 Å². The van der Waals surface area contributed by atoms with Crippen molar-refractivity contribution >= 4 is 34.0 Å². The van der Waals surface area contributed by atoms with E-state index in [0.29, 0.717) is 43.6 Å². The van der Waals surface area contributed by atoms with Crippen LogP contribution in [-0.4, -0.2) is 54.6 Å². The lowest BCUT2D eigenvalue weighted by Crippen LogP contribution is -2.37. The molecule has 8 heteroatoms. The van der Waals surface area contributed by atoms with Crippen molar-refractivity contribution in [2.75, 3.05) is 44.0 Å². The first kappa shape index (κ1) is 24.3. The van der Waals surface area contributed by atoms with Gasteiger partial charge in [-0.15, -0.1) is 0 Å². The lowest BCUT2D eigenvalue weighted by Gasteiger charge is -2.30. The summed E-state index contributed by atoms with van der Waals surface area (Å²) in [7, 11) is 3.93. The summed E-state index contributed by atoms with van der Waals surface area (Å²) in [4.78, 5) is 25.6. The Bertz CT molecular complexity index is 1400. The number of hydrogen-bond acceptors (Lipinski definition) is 7. The van der Waals surface area contributed by atoms with E-state index in [1.54, 1.807) is 11.0 Å². The minimum atomic E-state index is -0.0804. The molecule has 1 N–H and O–H groups in total. The maximum Gasteiger partial charge on any atom is 0.250 e. The predicted molar refractivity (Wildman–Crippen MR) is 146 cm³/mol.